The minimum absolute atomic E-state index is 0.192. The lowest BCUT2D eigenvalue weighted by Gasteiger charge is -2.05. The summed E-state index contributed by atoms with van der Waals surface area (Å²) in [5, 5.41) is 2.81. The first kappa shape index (κ1) is 18.3. The van der Waals surface area contributed by atoms with Gasteiger partial charge in [0.05, 0.1) is 16.6 Å². The molecule has 4 rings (SSSR count). The minimum Gasteiger partial charge on any atom is -0.455 e. The molecule has 1 atom stereocenters. The smallest absolute Gasteiger partial charge is 0.287 e. The third-order valence-electron chi connectivity index (χ3n) is 4.30. The van der Waals surface area contributed by atoms with Crippen LogP contribution in [-0.2, 0) is 23.1 Å². The van der Waals surface area contributed by atoms with Gasteiger partial charge in [0.1, 0.15) is 5.76 Å². The first-order valence-electron chi connectivity index (χ1n) is 8.79. The fourth-order valence-electron chi connectivity index (χ4n) is 2.87. The van der Waals surface area contributed by atoms with Crippen molar-refractivity contribution in [2.75, 3.05) is 6.79 Å². The van der Waals surface area contributed by atoms with E-state index in [1.807, 2.05) is 49.4 Å². The van der Waals surface area contributed by atoms with Gasteiger partial charge in [0.15, 0.2) is 17.3 Å². The van der Waals surface area contributed by atoms with E-state index in [9.17, 15) is 9.00 Å². The third-order valence-corrected chi connectivity index (χ3v) is 5.63. The van der Waals surface area contributed by atoms with Crippen molar-refractivity contribution in [2.45, 2.75) is 24.1 Å². The second kappa shape index (κ2) is 7.90. The van der Waals surface area contributed by atoms with E-state index < -0.39 is 10.8 Å². The summed E-state index contributed by atoms with van der Waals surface area (Å²) in [6, 6.07) is 16.3. The van der Waals surface area contributed by atoms with Crippen molar-refractivity contribution < 1.29 is 22.9 Å². The highest BCUT2D eigenvalue weighted by atomic mass is 32.2. The highest BCUT2D eigenvalue weighted by Crippen LogP contribution is 2.32. The molecule has 1 aromatic heterocycles. The number of carbonyl (C=O) groups excluding carboxylic acids is 1. The Bertz CT molecular complexity index is 1040. The molecular formula is C21H19NO5S. The zero-order valence-electron chi connectivity index (χ0n) is 15.3. The highest BCUT2D eigenvalue weighted by Gasteiger charge is 2.16. The summed E-state index contributed by atoms with van der Waals surface area (Å²) in [4.78, 5) is 13.1. The Balaban J connectivity index is 1.35. The Kier molecular flexibility index (Phi) is 5.16. The van der Waals surface area contributed by atoms with Crippen molar-refractivity contribution in [3.05, 3.63) is 77.2 Å². The van der Waals surface area contributed by atoms with Gasteiger partial charge in [-0.05, 0) is 54.4 Å². The third kappa shape index (κ3) is 4.09. The second-order valence-corrected chi connectivity index (χ2v) is 7.89. The van der Waals surface area contributed by atoms with Crippen LogP contribution >= 0.6 is 0 Å². The lowest BCUT2D eigenvalue weighted by atomic mass is 10.2. The molecule has 1 aliphatic rings. The number of nitrogens with one attached hydrogen (secondary N) is 1. The van der Waals surface area contributed by atoms with Crippen LogP contribution in [0.3, 0.4) is 0 Å². The van der Waals surface area contributed by atoms with E-state index in [0.717, 1.165) is 16.0 Å². The van der Waals surface area contributed by atoms with Gasteiger partial charge in [0.25, 0.3) is 5.91 Å². The van der Waals surface area contributed by atoms with Crippen LogP contribution in [0.1, 0.15) is 27.4 Å². The number of amides is 1. The van der Waals surface area contributed by atoms with E-state index in [4.69, 9.17) is 13.9 Å². The predicted molar refractivity (Wildman–Crippen MR) is 104 cm³/mol. The maximum absolute atomic E-state index is 12.5. The molecule has 28 heavy (non-hydrogen) atoms. The number of aryl methyl sites for hydroxylation is 1. The number of benzene rings is 2. The summed E-state index contributed by atoms with van der Waals surface area (Å²) in [7, 11) is -1.23. The molecule has 0 bridgehead atoms. The molecule has 1 N–H and O–H groups in total. The molecule has 2 heterocycles. The number of hydrogen-bond donors (Lipinski definition) is 1. The predicted octanol–water partition coefficient (Wildman–Crippen LogP) is 3.55. The molecule has 0 saturated carbocycles. The summed E-state index contributed by atoms with van der Waals surface area (Å²) in [5.41, 5.74) is 1.94. The molecule has 7 heteroatoms. The molecule has 1 aliphatic heterocycles. The van der Waals surface area contributed by atoms with Crippen molar-refractivity contribution >= 4 is 16.7 Å². The maximum Gasteiger partial charge on any atom is 0.287 e. The van der Waals surface area contributed by atoms with Crippen LogP contribution in [0.15, 0.2) is 63.9 Å². The van der Waals surface area contributed by atoms with E-state index in [2.05, 4.69) is 5.32 Å². The summed E-state index contributed by atoms with van der Waals surface area (Å²) in [6.45, 7) is 2.50. The lowest BCUT2D eigenvalue weighted by Crippen LogP contribution is -2.22. The molecule has 0 saturated heterocycles. The summed E-state index contributed by atoms with van der Waals surface area (Å²) in [5.74, 6) is 1.96. The van der Waals surface area contributed by atoms with E-state index in [-0.39, 0.29) is 24.2 Å². The minimum atomic E-state index is -1.23. The van der Waals surface area contributed by atoms with Crippen LogP contribution in [0.4, 0.5) is 0 Å². The Morgan fingerprint density at radius 2 is 1.93 bits per heavy atom. The summed E-state index contributed by atoms with van der Waals surface area (Å²) in [6.07, 6.45) is 0. The first-order chi connectivity index (χ1) is 13.6. The normalized spacial score (nSPS) is 13.3. The molecule has 0 aliphatic carbocycles. The van der Waals surface area contributed by atoms with Crippen molar-refractivity contribution in [1.29, 1.82) is 0 Å². The van der Waals surface area contributed by atoms with E-state index in [1.165, 1.54) is 0 Å². The van der Waals surface area contributed by atoms with Crippen molar-refractivity contribution in [2.24, 2.45) is 0 Å². The number of ether oxygens (including phenoxy) is 2. The zero-order valence-corrected chi connectivity index (χ0v) is 16.1. The molecular weight excluding hydrogens is 378 g/mol. The molecule has 2 aromatic carbocycles. The van der Waals surface area contributed by atoms with Crippen LogP contribution < -0.4 is 14.8 Å². The van der Waals surface area contributed by atoms with Crippen molar-refractivity contribution in [3.8, 4) is 11.5 Å². The Morgan fingerprint density at radius 3 is 2.79 bits per heavy atom. The van der Waals surface area contributed by atoms with Crippen molar-refractivity contribution in [1.82, 2.24) is 5.32 Å². The topological polar surface area (TPSA) is 77.8 Å². The van der Waals surface area contributed by atoms with Gasteiger partial charge in [0, 0.05) is 11.4 Å². The summed E-state index contributed by atoms with van der Waals surface area (Å²) >= 11 is 0. The van der Waals surface area contributed by atoms with Gasteiger partial charge in [-0.3, -0.25) is 9.00 Å². The van der Waals surface area contributed by atoms with Gasteiger partial charge in [-0.2, -0.15) is 0 Å². The molecule has 3 aromatic rings. The van der Waals surface area contributed by atoms with E-state index >= 15 is 0 Å². The van der Waals surface area contributed by atoms with Gasteiger partial charge in [-0.1, -0.05) is 18.2 Å². The van der Waals surface area contributed by atoms with Crippen molar-refractivity contribution in [3.63, 3.8) is 0 Å². The zero-order chi connectivity index (χ0) is 19.5. The maximum atomic E-state index is 12.5. The average Bonchev–Trinajstić information content (AvgIpc) is 3.35. The molecule has 0 unspecified atom stereocenters. The molecule has 0 fully saturated rings. The number of hydrogen-bond acceptors (Lipinski definition) is 5. The molecule has 144 valence electrons. The molecule has 0 spiro atoms. The number of rotatable bonds is 6. The standard InChI is InChI=1S/C21H19NO5S/c1-14-3-2-4-17(9-14)28(24)12-16-6-8-19(27-16)21(23)22-11-15-5-7-18-20(10-15)26-13-25-18/h2-10H,11-13H2,1H3,(H,22,23)/t28-/m0/s1. The SMILES string of the molecule is Cc1cccc([S@@](=O)Cc2ccc(C(=O)NCc3ccc4c(c3)OCO4)o2)c1. The van der Waals surface area contributed by atoms with Crippen LogP contribution in [0.5, 0.6) is 11.5 Å². The lowest BCUT2D eigenvalue weighted by molar-refractivity contribution is 0.0921. The van der Waals surface area contributed by atoms with Crippen LogP contribution in [0.25, 0.3) is 0 Å². The van der Waals surface area contributed by atoms with Gasteiger partial charge in [-0.25, -0.2) is 0 Å². The largest absolute Gasteiger partial charge is 0.455 e. The van der Waals surface area contributed by atoms with Gasteiger partial charge >= 0.3 is 0 Å². The average molecular weight is 397 g/mol. The van der Waals surface area contributed by atoms with Gasteiger partial charge in [-0.15, -0.1) is 0 Å². The van der Waals surface area contributed by atoms with Crippen LogP contribution in [0.2, 0.25) is 0 Å². The van der Waals surface area contributed by atoms with Crippen LogP contribution in [-0.4, -0.2) is 16.9 Å². The molecule has 6 nitrogen and oxygen atoms in total. The van der Waals surface area contributed by atoms with Gasteiger partial charge < -0.3 is 19.2 Å². The van der Waals surface area contributed by atoms with E-state index in [0.29, 0.717) is 23.8 Å². The number of carbonyl (C=O) groups is 1. The monoisotopic (exact) mass is 397 g/mol. The van der Waals surface area contributed by atoms with Gasteiger partial charge in [0.2, 0.25) is 6.79 Å². The fourth-order valence-corrected chi connectivity index (χ4v) is 4.00. The highest BCUT2D eigenvalue weighted by molar-refractivity contribution is 7.84. The molecule has 0 radical (unpaired) electrons. The molecule has 1 amide bonds. The number of fused-ring (bicyclic) bond motifs is 1. The Labute approximate surface area is 164 Å². The fraction of sp³-hybridized carbons (Fsp3) is 0.190. The van der Waals surface area contributed by atoms with Crippen LogP contribution in [0, 0.1) is 6.92 Å². The Hall–Kier alpha value is -3.06. The second-order valence-electron chi connectivity index (χ2n) is 6.44. The number of furan rings is 1. The Morgan fingerprint density at radius 1 is 1.07 bits per heavy atom. The van der Waals surface area contributed by atoms with E-state index in [1.54, 1.807) is 12.1 Å². The summed E-state index contributed by atoms with van der Waals surface area (Å²) < 4.78 is 28.7. The first-order valence-corrected chi connectivity index (χ1v) is 10.1. The quantitative estimate of drug-likeness (QED) is 0.688.